The van der Waals surface area contributed by atoms with Crippen molar-refractivity contribution in [3.8, 4) is 0 Å². The quantitative estimate of drug-likeness (QED) is 0.739. The fourth-order valence-corrected chi connectivity index (χ4v) is 1.56. The Bertz CT molecular complexity index is 491. The van der Waals surface area contributed by atoms with Crippen molar-refractivity contribution >= 4 is 12.0 Å². The van der Waals surface area contributed by atoms with Crippen molar-refractivity contribution in [3.63, 3.8) is 0 Å². The number of hydrogen-bond donors (Lipinski definition) is 3. The molecule has 1 atom stereocenters. The number of benzene rings is 1. The number of aliphatic hydroxyl groups is 1. The normalized spacial score (nSPS) is 12.4. The molecule has 6 heteroatoms. The molecule has 0 aromatic heterocycles. The third-order valence-corrected chi connectivity index (χ3v) is 2.48. The minimum Gasteiger partial charge on any atom is -0.444 e. The summed E-state index contributed by atoms with van der Waals surface area (Å²) < 4.78 is 5.10. The van der Waals surface area contributed by atoms with Crippen molar-refractivity contribution in [1.82, 2.24) is 10.6 Å². The first-order valence-electron chi connectivity index (χ1n) is 6.71. The molecular weight excluding hydrogens is 272 g/mol. The summed E-state index contributed by atoms with van der Waals surface area (Å²) >= 11 is 0. The Morgan fingerprint density at radius 3 is 2.24 bits per heavy atom. The Morgan fingerprint density at radius 1 is 1.19 bits per heavy atom. The van der Waals surface area contributed by atoms with Crippen molar-refractivity contribution in [3.05, 3.63) is 35.4 Å². The van der Waals surface area contributed by atoms with Gasteiger partial charge in [0, 0.05) is 5.56 Å². The van der Waals surface area contributed by atoms with Gasteiger partial charge in [0.2, 0.25) is 0 Å². The lowest BCUT2D eigenvalue weighted by atomic mass is 10.1. The summed E-state index contributed by atoms with van der Waals surface area (Å²) in [6.07, 6.45) is -1.16. The highest BCUT2D eigenvalue weighted by Crippen LogP contribution is 2.07. The van der Waals surface area contributed by atoms with Crippen LogP contribution in [0.1, 0.15) is 43.6 Å². The molecule has 3 N–H and O–H groups in total. The van der Waals surface area contributed by atoms with Gasteiger partial charge in [0.1, 0.15) is 11.8 Å². The number of ether oxygens (including phenoxy) is 1. The van der Waals surface area contributed by atoms with Crippen LogP contribution >= 0.6 is 0 Å². The highest BCUT2D eigenvalue weighted by molar-refractivity contribution is 5.94. The van der Waals surface area contributed by atoms with Crippen LogP contribution in [0.5, 0.6) is 0 Å². The average Bonchev–Trinajstić information content (AvgIpc) is 2.36. The Hall–Kier alpha value is -2.08. The number of carbonyl (C=O) groups is 2. The second kappa shape index (κ2) is 7.08. The Balaban J connectivity index is 2.51. The van der Waals surface area contributed by atoms with Gasteiger partial charge in [0.05, 0.1) is 6.61 Å². The summed E-state index contributed by atoms with van der Waals surface area (Å²) in [7, 11) is 0. The number of aliphatic hydroxyl groups excluding tert-OH is 1. The predicted octanol–water partition coefficient (Wildman–Crippen LogP) is 1.78. The van der Waals surface area contributed by atoms with Crippen LogP contribution in [0.15, 0.2) is 24.3 Å². The van der Waals surface area contributed by atoms with Crippen molar-refractivity contribution < 1.29 is 19.4 Å². The van der Waals surface area contributed by atoms with Crippen LogP contribution < -0.4 is 10.6 Å². The first-order chi connectivity index (χ1) is 9.71. The number of carbonyl (C=O) groups excluding carboxylic acids is 2. The zero-order valence-corrected chi connectivity index (χ0v) is 12.8. The third kappa shape index (κ3) is 6.27. The molecule has 21 heavy (non-hydrogen) atoms. The SMILES string of the molecule is CC(NC(=O)OC(C)(C)C)NC(=O)c1ccc(CO)cc1. The lowest BCUT2D eigenvalue weighted by Gasteiger charge is -2.22. The third-order valence-electron chi connectivity index (χ3n) is 2.48. The van der Waals surface area contributed by atoms with E-state index in [1.54, 1.807) is 52.0 Å². The topological polar surface area (TPSA) is 87.7 Å². The van der Waals surface area contributed by atoms with Gasteiger partial charge < -0.3 is 20.5 Å². The molecule has 1 aromatic rings. The number of hydrogen-bond acceptors (Lipinski definition) is 4. The maximum Gasteiger partial charge on any atom is 0.409 e. The van der Waals surface area contributed by atoms with Crippen LogP contribution in [-0.2, 0) is 11.3 Å². The zero-order chi connectivity index (χ0) is 16.0. The van der Waals surface area contributed by atoms with Gasteiger partial charge in [-0.2, -0.15) is 0 Å². The van der Waals surface area contributed by atoms with Gasteiger partial charge in [0.25, 0.3) is 5.91 Å². The Kier molecular flexibility index (Phi) is 5.72. The van der Waals surface area contributed by atoms with Crippen LogP contribution in [0.25, 0.3) is 0 Å². The smallest absolute Gasteiger partial charge is 0.409 e. The standard InChI is InChI=1S/C15H22N2O4/c1-10(17-14(20)21-15(2,3)4)16-13(19)12-7-5-11(9-18)6-8-12/h5-8,10,18H,9H2,1-4H3,(H,16,19)(H,17,20). The molecule has 0 heterocycles. The van der Waals surface area contributed by atoms with Gasteiger partial charge in [-0.3, -0.25) is 4.79 Å². The molecule has 0 bridgehead atoms. The minimum atomic E-state index is -0.592. The first-order valence-corrected chi connectivity index (χ1v) is 6.71. The van der Waals surface area contributed by atoms with Crippen LogP contribution in [0.2, 0.25) is 0 Å². The summed E-state index contributed by atoms with van der Waals surface area (Å²) in [5.41, 5.74) is 0.588. The molecule has 0 fully saturated rings. The molecule has 6 nitrogen and oxygen atoms in total. The molecule has 0 spiro atoms. The van der Waals surface area contributed by atoms with Gasteiger partial charge in [-0.15, -0.1) is 0 Å². The molecule has 0 saturated carbocycles. The molecule has 1 rings (SSSR count). The van der Waals surface area contributed by atoms with E-state index in [-0.39, 0.29) is 12.5 Å². The molecule has 1 aromatic carbocycles. The first kappa shape index (κ1) is 17.0. The van der Waals surface area contributed by atoms with E-state index in [1.807, 2.05) is 0 Å². The summed E-state index contributed by atoms with van der Waals surface area (Å²) in [6.45, 7) is 6.86. The van der Waals surface area contributed by atoms with E-state index in [9.17, 15) is 9.59 Å². The van der Waals surface area contributed by atoms with Crippen LogP contribution in [0.3, 0.4) is 0 Å². The molecular formula is C15H22N2O4. The monoisotopic (exact) mass is 294 g/mol. The van der Waals surface area contributed by atoms with Gasteiger partial charge in [-0.25, -0.2) is 4.79 Å². The highest BCUT2D eigenvalue weighted by atomic mass is 16.6. The molecule has 0 aliphatic heterocycles. The van der Waals surface area contributed by atoms with Gasteiger partial charge in [0.15, 0.2) is 0 Å². The van der Waals surface area contributed by atoms with E-state index < -0.39 is 17.9 Å². The van der Waals surface area contributed by atoms with Crippen LogP contribution in [0, 0.1) is 0 Å². The summed E-state index contributed by atoms with van der Waals surface area (Å²) in [5.74, 6) is -0.317. The second-order valence-electron chi connectivity index (χ2n) is 5.70. The van der Waals surface area contributed by atoms with Crippen LogP contribution in [-0.4, -0.2) is 28.9 Å². The predicted molar refractivity (Wildman–Crippen MR) is 78.7 cm³/mol. The summed E-state index contributed by atoms with van der Waals surface area (Å²) in [5, 5.41) is 14.1. The molecule has 0 aliphatic carbocycles. The molecule has 2 amide bonds. The lowest BCUT2D eigenvalue weighted by molar-refractivity contribution is 0.0499. The summed E-state index contributed by atoms with van der Waals surface area (Å²) in [4.78, 5) is 23.5. The van der Waals surface area contributed by atoms with Gasteiger partial charge >= 0.3 is 6.09 Å². The van der Waals surface area contributed by atoms with E-state index in [2.05, 4.69) is 10.6 Å². The number of amides is 2. The Morgan fingerprint density at radius 2 is 1.76 bits per heavy atom. The summed E-state index contributed by atoms with van der Waals surface area (Å²) in [6, 6.07) is 6.56. The molecule has 1 unspecified atom stereocenters. The second-order valence-corrected chi connectivity index (χ2v) is 5.70. The molecule has 0 aliphatic rings. The number of rotatable bonds is 4. The number of alkyl carbamates (subject to hydrolysis) is 1. The molecule has 0 saturated heterocycles. The van der Waals surface area contributed by atoms with Crippen molar-refractivity contribution in [2.75, 3.05) is 0 Å². The van der Waals surface area contributed by atoms with Gasteiger partial charge in [-0.1, -0.05) is 12.1 Å². The maximum absolute atomic E-state index is 12.0. The van der Waals surface area contributed by atoms with E-state index in [1.165, 1.54) is 0 Å². The average molecular weight is 294 g/mol. The van der Waals surface area contributed by atoms with E-state index >= 15 is 0 Å². The van der Waals surface area contributed by atoms with E-state index in [4.69, 9.17) is 9.84 Å². The molecule has 0 radical (unpaired) electrons. The fourth-order valence-electron chi connectivity index (χ4n) is 1.56. The maximum atomic E-state index is 12.0. The van der Waals surface area contributed by atoms with E-state index in [0.29, 0.717) is 5.56 Å². The van der Waals surface area contributed by atoms with Crippen LogP contribution in [0.4, 0.5) is 4.79 Å². The zero-order valence-electron chi connectivity index (χ0n) is 12.8. The van der Waals surface area contributed by atoms with E-state index in [0.717, 1.165) is 5.56 Å². The van der Waals surface area contributed by atoms with Crippen molar-refractivity contribution in [2.45, 2.75) is 46.1 Å². The Labute approximate surface area is 124 Å². The van der Waals surface area contributed by atoms with Crippen molar-refractivity contribution in [1.29, 1.82) is 0 Å². The highest BCUT2D eigenvalue weighted by Gasteiger charge is 2.18. The lowest BCUT2D eigenvalue weighted by Crippen LogP contribution is -2.47. The van der Waals surface area contributed by atoms with Gasteiger partial charge in [-0.05, 0) is 45.4 Å². The number of nitrogens with one attached hydrogen (secondary N) is 2. The fraction of sp³-hybridized carbons (Fsp3) is 0.467. The van der Waals surface area contributed by atoms with Crippen molar-refractivity contribution in [2.24, 2.45) is 0 Å². The minimum absolute atomic E-state index is 0.0709. The largest absolute Gasteiger partial charge is 0.444 e. The molecule has 116 valence electrons.